The van der Waals surface area contributed by atoms with Crippen molar-refractivity contribution in [1.82, 2.24) is 25.4 Å². The van der Waals surface area contributed by atoms with Crippen LogP contribution >= 0.6 is 0 Å². The number of carbonyl (C=O) groups is 1. The van der Waals surface area contributed by atoms with Crippen molar-refractivity contribution in [1.29, 1.82) is 0 Å². The summed E-state index contributed by atoms with van der Waals surface area (Å²) in [5.41, 5.74) is 0. The largest absolute Gasteiger partial charge is 0.355 e. The normalized spacial score (nSPS) is 10.9. The number of nitrogens with one attached hydrogen (secondary N) is 2. The Labute approximate surface area is 102 Å². The van der Waals surface area contributed by atoms with Crippen molar-refractivity contribution < 1.29 is 4.79 Å². The molecule has 0 fully saturated rings. The molecule has 1 heterocycles. The third kappa shape index (κ3) is 4.52. The third-order valence-electron chi connectivity index (χ3n) is 2.46. The van der Waals surface area contributed by atoms with Gasteiger partial charge in [0.2, 0.25) is 5.91 Å². The van der Waals surface area contributed by atoms with Crippen LogP contribution in [-0.4, -0.2) is 33.8 Å². The molecule has 0 unspecified atom stereocenters. The van der Waals surface area contributed by atoms with Gasteiger partial charge in [-0.2, -0.15) is 0 Å². The topological polar surface area (TPSA) is 71.8 Å². The van der Waals surface area contributed by atoms with Crippen LogP contribution in [0, 0.1) is 12.8 Å². The molecule has 0 atom stereocenters. The van der Waals surface area contributed by atoms with Crippen molar-refractivity contribution in [3.63, 3.8) is 0 Å². The van der Waals surface area contributed by atoms with Crippen LogP contribution in [0.25, 0.3) is 0 Å². The van der Waals surface area contributed by atoms with Crippen LogP contribution in [0.2, 0.25) is 0 Å². The van der Waals surface area contributed by atoms with Crippen LogP contribution < -0.4 is 10.6 Å². The van der Waals surface area contributed by atoms with E-state index in [0.717, 1.165) is 11.6 Å². The molecule has 1 aromatic heterocycles. The van der Waals surface area contributed by atoms with E-state index in [0.29, 0.717) is 25.6 Å². The highest BCUT2D eigenvalue weighted by Gasteiger charge is 2.06. The molecule has 96 valence electrons. The van der Waals surface area contributed by atoms with Crippen LogP contribution in [0.3, 0.4) is 0 Å². The van der Waals surface area contributed by atoms with E-state index < -0.39 is 0 Å². The lowest BCUT2D eigenvalue weighted by Crippen LogP contribution is -2.35. The highest BCUT2D eigenvalue weighted by Crippen LogP contribution is 1.96. The standard InChI is InChI=1S/C11H21N5O/c1-8(2)5-13-11(17)7-12-6-10-15-14-9(3)16(10)4/h8,12H,5-7H2,1-4H3,(H,13,17). The second-order valence-corrected chi connectivity index (χ2v) is 4.52. The molecule has 0 radical (unpaired) electrons. The van der Waals surface area contributed by atoms with Crippen molar-refractivity contribution in [3.8, 4) is 0 Å². The molecule has 1 aromatic rings. The summed E-state index contributed by atoms with van der Waals surface area (Å²) in [6.45, 7) is 7.59. The summed E-state index contributed by atoms with van der Waals surface area (Å²) in [7, 11) is 1.91. The highest BCUT2D eigenvalue weighted by atomic mass is 16.1. The van der Waals surface area contributed by atoms with Gasteiger partial charge in [-0.05, 0) is 12.8 Å². The Hall–Kier alpha value is -1.43. The summed E-state index contributed by atoms with van der Waals surface area (Å²) < 4.78 is 1.90. The molecule has 2 N–H and O–H groups in total. The number of hydrogen-bond acceptors (Lipinski definition) is 4. The van der Waals surface area contributed by atoms with Crippen molar-refractivity contribution in [2.75, 3.05) is 13.1 Å². The number of rotatable bonds is 6. The van der Waals surface area contributed by atoms with Gasteiger partial charge in [0.15, 0.2) is 0 Å². The van der Waals surface area contributed by atoms with Crippen molar-refractivity contribution in [3.05, 3.63) is 11.6 Å². The Kier molecular flexibility index (Phi) is 5.09. The van der Waals surface area contributed by atoms with Gasteiger partial charge >= 0.3 is 0 Å². The SMILES string of the molecule is Cc1nnc(CNCC(=O)NCC(C)C)n1C. The van der Waals surface area contributed by atoms with Gasteiger partial charge in [0.1, 0.15) is 11.6 Å². The molecule has 1 amide bonds. The maximum absolute atomic E-state index is 11.4. The molecule has 0 aromatic carbocycles. The van der Waals surface area contributed by atoms with E-state index in [1.165, 1.54) is 0 Å². The van der Waals surface area contributed by atoms with Crippen LogP contribution in [0.15, 0.2) is 0 Å². The van der Waals surface area contributed by atoms with Gasteiger partial charge in [-0.15, -0.1) is 10.2 Å². The van der Waals surface area contributed by atoms with Crippen LogP contribution in [0.4, 0.5) is 0 Å². The number of hydrogen-bond donors (Lipinski definition) is 2. The first-order valence-electron chi connectivity index (χ1n) is 5.83. The predicted octanol–water partition coefficient (Wildman–Crippen LogP) is -0.0147. The van der Waals surface area contributed by atoms with Crippen LogP contribution in [-0.2, 0) is 18.4 Å². The molecule has 0 aliphatic heterocycles. The van der Waals surface area contributed by atoms with Gasteiger partial charge in [0, 0.05) is 13.6 Å². The molecule has 0 bridgehead atoms. The van der Waals surface area contributed by atoms with Crippen LogP contribution in [0.5, 0.6) is 0 Å². The lowest BCUT2D eigenvalue weighted by molar-refractivity contribution is -0.120. The van der Waals surface area contributed by atoms with Gasteiger partial charge in [-0.1, -0.05) is 13.8 Å². The van der Waals surface area contributed by atoms with E-state index in [9.17, 15) is 4.79 Å². The predicted molar refractivity (Wildman–Crippen MR) is 65.3 cm³/mol. The minimum atomic E-state index is 0.0117. The van der Waals surface area contributed by atoms with E-state index in [4.69, 9.17) is 0 Å². The maximum atomic E-state index is 11.4. The van der Waals surface area contributed by atoms with Gasteiger partial charge < -0.3 is 15.2 Å². The number of nitrogens with zero attached hydrogens (tertiary/aromatic N) is 3. The van der Waals surface area contributed by atoms with E-state index in [2.05, 4.69) is 34.7 Å². The third-order valence-corrected chi connectivity index (χ3v) is 2.46. The Morgan fingerprint density at radius 1 is 1.41 bits per heavy atom. The first-order valence-corrected chi connectivity index (χ1v) is 5.83. The molecule has 0 spiro atoms. The number of carbonyl (C=O) groups excluding carboxylic acids is 1. The summed E-state index contributed by atoms with van der Waals surface area (Å²) in [5.74, 6) is 2.18. The van der Waals surface area contributed by atoms with Crippen molar-refractivity contribution >= 4 is 5.91 Å². The molecule has 0 aliphatic carbocycles. The lowest BCUT2D eigenvalue weighted by Gasteiger charge is -2.08. The second kappa shape index (κ2) is 6.34. The Bertz CT molecular complexity index is 372. The second-order valence-electron chi connectivity index (χ2n) is 4.52. The first kappa shape index (κ1) is 13.6. The van der Waals surface area contributed by atoms with E-state index in [1.807, 2.05) is 18.5 Å². The van der Waals surface area contributed by atoms with Crippen LogP contribution in [0.1, 0.15) is 25.5 Å². The molecule has 6 heteroatoms. The Balaban J connectivity index is 2.24. The lowest BCUT2D eigenvalue weighted by atomic mass is 10.2. The Morgan fingerprint density at radius 3 is 2.65 bits per heavy atom. The fourth-order valence-electron chi connectivity index (χ4n) is 1.27. The van der Waals surface area contributed by atoms with Gasteiger partial charge in [0.25, 0.3) is 0 Å². The molecular formula is C11H21N5O. The fourth-order valence-corrected chi connectivity index (χ4v) is 1.27. The molecule has 0 saturated carbocycles. The summed E-state index contributed by atoms with van der Waals surface area (Å²) in [6, 6.07) is 0. The summed E-state index contributed by atoms with van der Waals surface area (Å²) >= 11 is 0. The summed E-state index contributed by atoms with van der Waals surface area (Å²) in [4.78, 5) is 11.4. The Morgan fingerprint density at radius 2 is 2.12 bits per heavy atom. The molecule has 6 nitrogen and oxygen atoms in total. The summed E-state index contributed by atoms with van der Waals surface area (Å²) in [6.07, 6.45) is 0. The average molecular weight is 239 g/mol. The molecule has 0 saturated heterocycles. The van der Waals surface area contributed by atoms with Gasteiger partial charge in [0.05, 0.1) is 13.1 Å². The monoisotopic (exact) mass is 239 g/mol. The molecule has 0 aliphatic rings. The van der Waals surface area contributed by atoms with E-state index in [-0.39, 0.29) is 5.91 Å². The minimum absolute atomic E-state index is 0.0117. The zero-order valence-corrected chi connectivity index (χ0v) is 10.9. The number of aromatic nitrogens is 3. The highest BCUT2D eigenvalue weighted by molar-refractivity contribution is 5.77. The maximum Gasteiger partial charge on any atom is 0.233 e. The minimum Gasteiger partial charge on any atom is -0.355 e. The average Bonchev–Trinajstić information content (AvgIpc) is 2.58. The molecular weight excluding hydrogens is 218 g/mol. The van der Waals surface area contributed by atoms with E-state index >= 15 is 0 Å². The quantitative estimate of drug-likeness (QED) is 0.732. The molecule has 1 rings (SSSR count). The number of aryl methyl sites for hydroxylation is 1. The smallest absolute Gasteiger partial charge is 0.233 e. The first-order chi connectivity index (χ1) is 8.00. The molecule has 17 heavy (non-hydrogen) atoms. The van der Waals surface area contributed by atoms with Gasteiger partial charge in [-0.25, -0.2) is 0 Å². The van der Waals surface area contributed by atoms with Crippen molar-refractivity contribution in [2.24, 2.45) is 13.0 Å². The summed E-state index contributed by atoms with van der Waals surface area (Å²) in [5, 5.41) is 13.8. The fraction of sp³-hybridized carbons (Fsp3) is 0.727. The zero-order valence-electron chi connectivity index (χ0n) is 10.9. The number of amides is 1. The van der Waals surface area contributed by atoms with E-state index in [1.54, 1.807) is 0 Å². The zero-order chi connectivity index (χ0) is 12.8. The van der Waals surface area contributed by atoms with Crippen molar-refractivity contribution in [2.45, 2.75) is 27.3 Å². The van der Waals surface area contributed by atoms with Gasteiger partial charge in [-0.3, -0.25) is 4.79 Å².